The molecular weight excluding hydrogens is 246 g/mol. The van der Waals surface area contributed by atoms with Gasteiger partial charge in [0.1, 0.15) is 0 Å². The van der Waals surface area contributed by atoms with E-state index in [1.165, 1.54) is 0 Å². The van der Waals surface area contributed by atoms with Gasteiger partial charge in [-0.15, -0.1) is 0 Å². The molecule has 1 N–H and O–H groups in total. The summed E-state index contributed by atoms with van der Waals surface area (Å²) in [5, 5.41) is 2.77. The number of nitrogens with one attached hydrogen (secondary N) is 1. The Labute approximate surface area is 112 Å². The molecule has 0 heterocycles. The summed E-state index contributed by atoms with van der Waals surface area (Å²) in [5.74, 6) is -0.475. The van der Waals surface area contributed by atoms with E-state index in [-0.39, 0.29) is 11.9 Å². The Morgan fingerprint density at radius 1 is 1.32 bits per heavy atom. The van der Waals surface area contributed by atoms with Crippen LogP contribution in [0.25, 0.3) is 0 Å². The zero-order valence-corrected chi connectivity index (χ0v) is 11.5. The molecule has 19 heavy (non-hydrogen) atoms. The Morgan fingerprint density at radius 2 is 2.05 bits per heavy atom. The zero-order valence-electron chi connectivity index (χ0n) is 11.5. The number of anilines is 1. The van der Waals surface area contributed by atoms with E-state index in [4.69, 9.17) is 9.47 Å². The number of benzene rings is 1. The van der Waals surface area contributed by atoms with Gasteiger partial charge in [0, 0.05) is 12.8 Å². The van der Waals surface area contributed by atoms with Gasteiger partial charge in [0.05, 0.1) is 25.2 Å². The molecule has 0 spiro atoms. The molecule has 5 nitrogen and oxygen atoms in total. The summed E-state index contributed by atoms with van der Waals surface area (Å²) in [7, 11) is 1.55. The number of carbonyl (C=O) groups is 2. The summed E-state index contributed by atoms with van der Waals surface area (Å²) in [5.41, 5.74) is 1.99. The number of hydrogen-bond donors (Lipinski definition) is 1. The fourth-order valence-electron chi connectivity index (χ4n) is 1.55. The molecule has 1 aromatic carbocycles. The zero-order chi connectivity index (χ0) is 14.3. The summed E-state index contributed by atoms with van der Waals surface area (Å²) in [6.07, 6.45) is 0.301. The topological polar surface area (TPSA) is 64.6 Å². The second-order valence-electron chi connectivity index (χ2n) is 4.04. The highest BCUT2D eigenvalue weighted by Crippen LogP contribution is 2.17. The minimum absolute atomic E-state index is 0.117. The van der Waals surface area contributed by atoms with E-state index in [9.17, 15) is 9.59 Å². The molecule has 0 bridgehead atoms. The van der Waals surface area contributed by atoms with Gasteiger partial charge in [0.15, 0.2) is 0 Å². The predicted octanol–water partition coefficient (Wildman–Crippen LogP) is 2.15. The Morgan fingerprint density at radius 3 is 2.63 bits per heavy atom. The van der Waals surface area contributed by atoms with Crippen molar-refractivity contribution in [2.75, 3.05) is 25.6 Å². The maximum atomic E-state index is 11.6. The van der Waals surface area contributed by atoms with Gasteiger partial charge in [-0.25, -0.2) is 4.79 Å². The number of ether oxygens (including phenoxy) is 2. The van der Waals surface area contributed by atoms with Crippen LogP contribution in [0, 0.1) is 6.92 Å². The first-order chi connectivity index (χ1) is 9.08. The summed E-state index contributed by atoms with van der Waals surface area (Å²) in [4.78, 5) is 23.1. The maximum absolute atomic E-state index is 11.6. The van der Waals surface area contributed by atoms with Crippen LogP contribution in [0.1, 0.15) is 29.3 Å². The van der Waals surface area contributed by atoms with Crippen LogP contribution in [-0.4, -0.2) is 32.2 Å². The van der Waals surface area contributed by atoms with Crippen molar-refractivity contribution in [1.82, 2.24) is 0 Å². The van der Waals surface area contributed by atoms with E-state index in [1.807, 2.05) is 6.92 Å². The summed E-state index contributed by atoms with van der Waals surface area (Å²) < 4.78 is 9.75. The fourth-order valence-corrected chi connectivity index (χ4v) is 1.55. The average Bonchev–Trinajstić information content (AvgIpc) is 2.39. The van der Waals surface area contributed by atoms with Gasteiger partial charge in [0.2, 0.25) is 5.91 Å². The molecular formula is C14H19NO4. The lowest BCUT2D eigenvalue weighted by molar-refractivity contribution is -0.117. The molecule has 0 fully saturated rings. The normalized spacial score (nSPS) is 10.1. The van der Waals surface area contributed by atoms with Gasteiger partial charge in [-0.1, -0.05) is 0 Å². The maximum Gasteiger partial charge on any atom is 0.338 e. The number of esters is 1. The van der Waals surface area contributed by atoms with Gasteiger partial charge < -0.3 is 14.8 Å². The Balaban J connectivity index is 2.72. The third kappa shape index (κ3) is 4.71. The number of carbonyl (C=O) groups excluding carboxylic acids is 2. The molecule has 0 aliphatic rings. The molecule has 0 radical (unpaired) electrons. The van der Waals surface area contributed by atoms with Gasteiger partial charge >= 0.3 is 5.97 Å². The average molecular weight is 265 g/mol. The van der Waals surface area contributed by atoms with Crippen molar-refractivity contribution in [3.05, 3.63) is 29.3 Å². The third-order valence-corrected chi connectivity index (χ3v) is 2.54. The van der Waals surface area contributed by atoms with Crippen molar-refractivity contribution in [3.8, 4) is 0 Å². The SMILES string of the molecule is CCOC(=O)c1ccc(NC(=O)CCOC)c(C)c1. The largest absolute Gasteiger partial charge is 0.462 e. The van der Waals surface area contributed by atoms with Crippen LogP contribution >= 0.6 is 0 Å². The van der Waals surface area contributed by atoms with E-state index < -0.39 is 0 Å². The Kier molecular flexibility index (Phi) is 6.02. The van der Waals surface area contributed by atoms with Crippen molar-refractivity contribution in [2.45, 2.75) is 20.3 Å². The first-order valence-corrected chi connectivity index (χ1v) is 6.15. The van der Waals surface area contributed by atoms with Crippen molar-refractivity contribution in [1.29, 1.82) is 0 Å². The summed E-state index contributed by atoms with van der Waals surface area (Å²) >= 11 is 0. The fraction of sp³-hybridized carbons (Fsp3) is 0.429. The highest BCUT2D eigenvalue weighted by Gasteiger charge is 2.10. The standard InChI is InChI=1S/C14H19NO4/c1-4-19-14(17)11-5-6-12(10(2)9-11)15-13(16)7-8-18-3/h5-6,9H,4,7-8H2,1-3H3,(H,15,16). The van der Waals surface area contributed by atoms with Crippen LogP contribution < -0.4 is 5.32 Å². The number of methoxy groups -OCH3 is 1. The molecule has 0 saturated heterocycles. The van der Waals surface area contributed by atoms with Crippen LogP contribution in [0.5, 0.6) is 0 Å². The predicted molar refractivity (Wildman–Crippen MR) is 72.3 cm³/mol. The molecule has 1 rings (SSSR count). The number of amides is 1. The van der Waals surface area contributed by atoms with E-state index >= 15 is 0 Å². The van der Waals surface area contributed by atoms with Crippen molar-refractivity contribution in [3.63, 3.8) is 0 Å². The molecule has 0 aromatic heterocycles. The molecule has 1 amide bonds. The lowest BCUT2D eigenvalue weighted by Gasteiger charge is -2.10. The first-order valence-electron chi connectivity index (χ1n) is 6.15. The number of hydrogen-bond acceptors (Lipinski definition) is 4. The molecule has 104 valence electrons. The number of aryl methyl sites for hydroxylation is 1. The summed E-state index contributed by atoms with van der Waals surface area (Å²) in [6, 6.07) is 5.03. The van der Waals surface area contributed by atoms with Gasteiger partial charge in [-0.05, 0) is 37.6 Å². The highest BCUT2D eigenvalue weighted by atomic mass is 16.5. The second-order valence-corrected chi connectivity index (χ2v) is 4.04. The molecule has 0 saturated carbocycles. The van der Waals surface area contributed by atoms with E-state index in [0.717, 1.165) is 5.56 Å². The quantitative estimate of drug-likeness (QED) is 0.800. The third-order valence-electron chi connectivity index (χ3n) is 2.54. The molecule has 0 aliphatic carbocycles. The molecule has 5 heteroatoms. The van der Waals surface area contributed by atoms with Crippen LogP contribution in [0.2, 0.25) is 0 Å². The van der Waals surface area contributed by atoms with Crippen LogP contribution in [0.15, 0.2) is 18.2 Å². The minimum Gasteiger partial charge on any atom is -0.462 e. The summed E-state index contributed by atoms with van der Waals surface area (Å²) in [6.45, 7) is 4.31. The van der Waals surface area contributed by atoms with Crippen molar-refractivity contribution in [2.24, 2.45) is 0 Å². The number of rotatable bonds is 6. The Hall–Kier alpha value is -1.88. The van der Waals surface area contributed by atoms with Gasteiger partial charge in [-0.3, -0.25) is 4.79 Å². The smallest absolute Gasteiger partial charge is 0.338 e. The van der Waals surface area contributed by atoms with E-state index in [2.05, 4.69) is 5.32 Å². The van der Waals surface area contributed by atoms with Crippen LogP contribution in [-0.2, 0) is 14.3 Å². The van der Waals surface area contributed by atoms with Gasteiger partial charge in [0.25, 0.3) is 0 Å². The molecule has 0 unspecified atom stereocenters. The lowest BCUT2D eigenvalue weighted by atomic mass is 10.1. The van der Waals surface area contributed by atoms with E-state index in [1.54, 1.807) is 32.2 Å². The molecule has 1 aromatic rings. The molecule has 0 atom stereocenters. The van der Waals surface area contributed by atoms with Crippen molar-refractivity contribution < 1.29 is 19.1 Å². The Bertz CT molecular complexity index is 457. The lowest BCUT2D eigenvalue weighted by Crippen LogP contribution is -2.14. The van der Waals surface area contributed by atoms with Crippen LogP contribution in [0.4, 0.5) is 5.69 Å². The first kappa shape index (κ1) is 15.2. The monoisotopic (exact) mass is 265 g/mol. The highest BCUT2D eigenvalue weighted by molar-refractivity contribution is 5.94. The van der Waals surface area contributed by atoms with Crippen LogP contribution in [0.3, 0.4) is 0 Å². The van der Waals surface area contributed by atoms with Crippen molar-refractivity contribution >= 4 is 17.6 Å². The second kappa shape index (κ2) is 7.53. The molecule has 0 aliphatic heterocycles. The van der Waals surface area contributed by atoms with E-state index in [0.29, 0.717) is 30.9 Å². The van der Waals surface area contributed by atoms with Gasteiger partial charge in [-0.2, -0.15) is 0 Å². The minimum atomic E-state index is -0.358.